The molecule has 4 aromatic rings. The molecule has 0 spiro atoms. The first-order valence-electron chi connectivity index (χ1n) is 12.2. The Kier molecular flexibility index (Phi) is 6.40. The van der Waals surface area contributed by atoms with Crippen LogP contribution in [0.1, 0.15) is 45.7 Å². The summed E-state index contributed by atoms with van der Waals surface area (Å²) in [6, 6.07) is 5.95. The highest BCUT2D eigenvalue weighted by Gasteiger charge is 2.38. The van der Waals surface area contributed by atoms with Crippen LogP contribution in [0, 0.1) is 16.7 Å². The molecule has 0 saturated carbocycles. The SMILES string of the molecule is Cn1nc2ccc(-c3c[nH]c4nc(N5CCC(C)(CC(C)(C)OC(N)=O)CC5)nc(C#N)c34)c(Cl)c2c1Cl. The van der Waals surface area contributed by atoms with E-state index in [-0.39, 0.29) is 11.1 Å². The van der Waals surface area contributed by atoms with Gasteiger partial charge in [-0.2, -0.15) is 15.3 Å². The molecule has 5 rings (SSSR count). The molecular formula is C26H28Cl2N8O2. The lowest BCUT2D eigenvalue weighted by molar-refractivity contribution is 0.00147. The molecule has 38 heavy (non-hydrogen) atoms. The van der Waals surface area contributed by atoms with Gasteiger partial charge in [0.15, 0.2) is 5.69 Å². The smallest absolute Gasteiger partial charge is 0.405 e. The topological polar surface area (TPSA) is 139 Å². The fourth-order valence-corrected chi connectivity index (χ4v) is 6.26. The number of fused-ring (bicyclic) bond motifs is 2. The molecule has 4 heterocycles. The highest BCUT2D eigenvalue weighted by atomic mass is 35.5. The first-order valence-corrected chi connectivity index (χ1v) is 13.0. The number of nitrogens with zero attached hydrogens (tertiary/aromatic N) is 6. The predicted molar refractivity (Wildman–Crippen MR) is 147 cm³/mol. The summed E-state index contributed by atoms with van der Waals surface area (Å²) < 4.78 is 6.89. The molecule has 0 aliphatic carbocycles. The van der Waals surface area contributed by atoms with Crippen molar-refractivity contribution in [2.45, 2.75) is 45.6 Å². The number of H-pyrrole nitrogens is 1. The van der Waals surface area contributed by atoms with Crippen LogP contribution in [-0.4, -0.2) is 49.5 Å². The molecule has 198 valence electrons. The van der Waals surface area contributed by atoms with Crippen molar-refractivity contribution in [3.63, 3.8) is 0 Å². The molecule has 1 aromatic carbocycles. The van der Waals surface area contributed by atoms with Gasteiger partial charge in [0.1, 0.15) is 22.5 Å². The third kappa shape index (κ3) is 4.61. The van der Waals surface area contributed by atoms with Gasteiger partial charge >= 0.3 is 6.09 Å². The molecule has 12 heteroatoms. The van der Waals surface area contributed by atoms with E-state index in [4.69, 9.17) is 38.7 Å². The standard InChI is InChI=1S/C26H28Cl2N8O2/c1-25(2,38-23(30)37)13-26(3)7-9-36(10-8-26)24-32-17(11-29)18-15(12-31-22(18)33-24)14-5-6-16-19(20(14)27)21(28)35(4)34-16/h5-6,12H,7-10,13H2,1-4H3,(H2,30,37)(H,31,32,33). The number of piperidine rings is 1. The van der Waals surface area contributed by atoms with Gasteiger partial charge in [-0.15, -0.1) is 0 Å². The van der Waals surface area contributed by atoms with Gasteiger partial charge < -0.3 is 20.4 Å². The molecular weight excluding hydrogens is 527 g/mol. The fraction of sp³-hybridized carbons (Fsp3) is 0.423. The maximum atomic E-state index is 11.3. The number of rotatable bonds is 5. The van der Waals surface area contributed by atoms with E-state index in [0.717, 1.165) is 18.4 Å². The van der Waals surface area contributed by atoms with Crippen molar-refractivity contribution in [3.8, 4) is 17.2 Å². The summed E-state index contributed by atoms with van der Waals surface area (Å²) in [5, 5.41) is 16.6. The number of halogens is 2. The maximum Gasteiger partial charge on any atom is 0.405 e. The summed E-state index contributed by atoms with van der Waals surface area (Å²) in [5.74, 6) is 0.494. The van der Waals surface area contributed by atoms with Crippen LogP contribution in [-0.2, 0) is 11.8 Å². The molecule has 0 radical (unpaired) electrons. The van der Waals surface area contributed by atoms with E-state index in [2.05, 4.69) is 33.0 Å². The molecule has 1 fully saturated rings. The number of hydrogen-bond donors (Lipinski definition) is 2. The number of amides is 1. The summed E-state index contributed by atoms with van der Waals surface area (Å²) in [7, 11) is 1.76. The quantitative estimate of drug-likeness (QED) is 0.329. The summed E-state index contributed by atoms with van der Waals surface area (Å²) in [5.41, 5.74) is 7.48. The van der Waals surface area contributed by atoms with Crippen molar-refractivity contribution in [2.75, 3.05) is 18.0 Å². The van der Waals surface area contributed by atoms with Crippen LogP contribution in [0.2, 0.25) is 10.2 Å². The Hall–Kier alpha value is -3.55. The lowest BCUT2D eigenvalue weighted by atomic mass is 9.73. The molecule has 1 aliphatic rings. The van der Waals surface area contributed by atoms with Gasteiger partial charge in [-0.1, -0.05) is 36.2 Å². The number of aromatic nitrogens is 5. The first kappa shape index (κ1) is 26.1. The van der Waals surface area contributed by atoms with E-state index in [1.807, 2.05) is 26.0 Å². The monoisotopic (exact) mass is 554 g/mol. The Balaban J connectivity index is 1.45. The van der Waals surface area contributed by atoms with Crippen molar-refractivity contribution < 1.29 is 9.53 Å². The Morgan fingerprint density at radius 1 is 1.24 bits per heavy atom. The van der Waals surface area contributed by atoms with E-state index < -0.39 is 11.7 Å². The number of primary amides is 1. The molecule has 1 amide bonds. The van der Waals surface area contributed by atoms with Crippen molar-refractivity contribution in [3.05, 3.63) is 34.2 Å². The van der Waals surface area contributed by atoms with Crippen LogP contribution in [0.15, 0.2) is 18.3 Å². The lowest BCUT2D eigenvalue weighted by Crippen LogP contribution is -2.44. The molecule has 3 N–H and O–H groups in total. The Morgan fingerprint density at radius 2 is 1.95 bits per heavy atom. The van der Waals surface area contributed by atoms with E-state index in [1.54, 1.807) is 17.9 Å². The first-order chi connectivity index (χ1) is 17.9. The minimum Gasteiger partial charge on any atom is -0.444 e. The number of anilines is 1. The van der Waals surface area contributed by atoms with Crippen LogP contribution in [0.5, 0.6) is 0 Å². The zero-order valence-electron chi connectivity index (χ0n) is 21.6. The number of aromatic amines is 1. The fourth-order valence-electron chi connectivity index (χ4n) is 5.64. The van der Waals surface area contributed by atoms with Crippen molar-refractivity contribution in [1.82, 2.24) is 24.7 Å². The van der Waals surface area contributed by atoms with Crippen LogP contribution in [0.3, 0.4) is 0 Å². The van der Waals surface area contributed by atoms with Gasteiger partial charge in [-0.05, 0) is 44.6 Å². The minimum absolute atomic E-state index is 0.0415. The van der Waals surface area contributed by atoms with Gasteiger partial charge in [-0.3, -0.25) is 4.68 Å². The lowest BCUT2D eigenvalue weighted by Gasteiger charge is -2.43. The average molecular weight is 555 g/mol. The van der Waals surface area contributed by atoms with E-state index in [9.17, 15) is 10.1 Å². The number of nitriles is 1. The minimum atomic E-state index is -0.767. The zero-order valence-corrected chi connectivity index (χ0v) is 23.1. The predicted octanol–water partition coefficient (Wildman–Crippen LogP) is 5.56. The van der Waals surface area contributed by atoms with Gasteiger partial charge in [0.05, 0.1) is 21.3 Å². The zero-order chi connectivity index (χ0) is 27.4. The number of benzene rings is 1. The Morgan fingerprint density at radius 3 is 2.61 bits per heavy atom. The number of hydrogen-bond acceptors (Lipinski definition) is 7. The molecule has 0 atom stereocenters. The van der Waals surface area contributed by atoms with Crippen molar-refractivity contribution in [1.29, 1.82) is 5.26 Å². The van der Waals surface area contributed by atoms with Crippen molar-refractivity contribution >= 4 is 57.2 Å². The average Bonchev–Trinajstić information content (AvgIpc) is 3.38. The number of nitrogens with two attached hydrogens (primary N) is 1. The number of carbonyl (C=O) groups is 1. The van der Waals surface area contributed by atoms with Crippen molar-refractivity contribution in [2.24, 2.45) is 18.2 Å². The second kappa shape index (κ2) is 9.33. The molecule has 0 unspecified atom stereocenters. The third-order valence-electron chi connectivity index (χ3n) is 7.27. The van der Waals surface area contributed by atoms with Gasteiger partial charge in [0.25, 0.3) is 0 Å². The maximum absolute atomic E-state index is 11.3. The van der Waals surface area contributed by atoms with E-state index >= 15 is 0 Å². The molecule has 10 nitrogen and oxygen atoms in total. The van der Waals surface area contributed by atoms with Crippen LogP contribution in [0.4, 0.5) is 10.7 Å². The molecule has 1 aliphatic heterocycles. The largest absolute Gasteiger partial charge is 0.444 e. The highest BCUT2D eigenvalue weighted by Crippen LogP contribution is 2.42. The molecule has 3 aromatic heterocycles. The summed E-state index contributed by atoms with van der Waals surface area (Å²) in [6.45, 7) is 7.35. The Bertz CT molecular complexity index is 1610. The summed E-state index contributed by atoms with van der Waals surface area (Å²) >= 11 is 13.2. The molecule has 1 saturated heterocycles. The normalized spacial score (nSPS) is 15.7. The van der Waals surface area contributed by atoms with Crippen LogP contribution >= 0.6 is 23.2 Å². The third-order valence-corrected chi connectivity index (χ3v) is 8.09. The van der Waals surface area contributed by atoms with Crippen LogP contribution < -0.4 is 10.6 Å². The number of carbonyl (C=O) groups excluding carboxylic acids is 1. The van der Waals surface area contributed by atoms with Gasteiger partial charge in [0.2, 0.25) is 5.95 Å². The number of ether oxygens (including phenoxy) is 1. The number of aryl methyl sites for hydroxylation is 1. The second-order valence-corrected chi connectivity index (χ2v) is 11.5. The number of nitrogens with one attached hydrogen (secondary N) is 1. The summed E-state index contributed by atoms with van der Waals surface area (Å²) in [4.78, 5) is 26.0. The molecule has 0 bridgehead atoms. The Labute approximate surface area is 229 Å². The van der Waals surface area contributed by atoms with Gasteiger partial charge in [-0.25, -0.2) is 9.78 Å². The second-order valence-electron chi connectivity index (χ2n) is 10.8. The highest BCUT2D eigenvalue weighted by molar-refractivity contribution is 6.43. The van der Waals surface area contributed by atoms with Crippen LogP contribution in [0.25, 0.3) is 33.1 Å². The van der Waals surface area contributed by atoms with E-state index in [0.29, 0.717) is 63.1 Å². The van der Waals surface area contributed by atoms with Gasteiger partial charge in [0, 0.05) is 37.5 Å². The summed E-state index contributed by atoms with van der Waals surface area (Å²) in [6.07, 6.45) is 3.40. The van der Waals surface area contributed by atoms with E-state index in [1.165, 1.54) is 0 Å².